The number of hydrogen-bond acceptors (Lipinski definition) is 3. The van der Waals surface area contributed by atoms with E-state index in [2.05, 4.69) is 13.8 Å². The van der Waals surface area contributed by atoms with E-state index in [4.69, 9.17) is 4.42 Å². The van der Waals surface area contributed by atoms with E-state index in [1.807, 2.05) is 4.90 Å². The molecule has 1 aliphatic rings. The minimum Gasteiger partial charge on any atom is -0.467 e. The van der Waals surface area contributed by atoms with Crippen LogP contribution >= 0.6 is 0 Å². The lowest BCUT2D eigenvalue weighted by Crippen LogP contribution is -2.40. The molecule has 0 aromatic carbocycles. The largest absolute Gasteiger partial charge is 0.467 e. The maximum Gasteiger partial charge on any atom is 0.225 e. The van der Waals surface area contributed by atoms with Gasteiger partial charge in [0.15, 0.2) is 0 Å². The van der Waals surface area contributed by atoms with E-state index < -0.39 is 6.10 Å². The molecule has 2 atom stereocenters. The number of carbonyl (C=O) groups is 1. The zero-order valence-corrected chi connectivity index (χ0v) is 12.4. The zero-order chi connectivity index (χ0) is 14.5. The molecule has 1 aromatic heterocycles. The SMILES string of the molecule is CCC(CC)C(=O)N1CCC[C@H]1C[C@H](O)c1ccco1. The van der Waals surface area contributed by atoms with Gasteiger partial charge in [-0.05, 0) is 37.8 Å². The summed E-state index contributed by atoms with van der Waals surface area (Å²) in [6.07, 6.45) is 5.30. The minimum atomic E-state index is -0.620. The summed E-state index contributed by atoms with van der Waals surface area (Å²) in [5, 5.41) is 10.2. The lowest BCUT2D eigenvalue weighted by molar-refractivity contribution is -0.137. The van der Waals surface area contributed by atoms with Crippen LogP contribution in [0.15, 0.2) is 22.8 Å². The van der Waals surface area contributed by atoms with Crippen LogP contribution in [0.5, 0.6) is 0 Å². The van der Waals surface area contributed by atoms with E-state index in [9.17, 15) is 9.90 Å². The standard InChI is InChI=1S/C16H25NO3/c1-3-12(4-2)16(19)17-9-5-7-13(17)11-14(18)15-8-6-10-20-15/h6,8,10,12-14,18H,3-5,7,9,11H2,1-2H3/t13-,14-/m0/s1. The molecule has 112 valence electrons. The fraction of sp³-hybridized carbons (Fsp3) is 0.688. The van der Waals surface area contributed by atoms with E-state index >= 15 is 0 Å². The third-order valence-corrected chi connectivity index (χ3v) is 4.36. The molecule has 4 heteroatoms. The second-order valence-electron chi connectivity index (χ2n) is 5.61. The molecule has 2 heterocycles. The van der Waals surface area contributed by atoms with E-state index in [1.54, 1.807) is 18.4 Å². The Hall–Kier alpha value is -1.29. The first-order chi connectivity index (χ1) is 9.67. The fourth-order valence-electron chi connectivity index (χ4n) is 3.10. The van der Waals surface area contributed by atoms with Crippen molar-refractivity contribution in [1.82, 2.24) is 4.90 Å². The number of rotatable bonds is 6. The van der Waals surface area contributed by atoms with Gasteiger partial charge in [0.1, 0.15) is 11.9 Å². The van der Waals surface area contributed by atoms with Crippen LogP contribution in [0.1, 0.15) is 57.8 Å². The monoisotopic (exact) mass is 279 g/mol. The van der Waals surface area contributed by atoms with Crippen LogP contribution in [0, 0.1) is 5.92 Å². The van der Waals surface area contributed by atoms with Gasteiger partial charge < -0.3 is 14.4 Å². The first-order valence-corrected chi connectivity index (χ1v) is 7.69. The first kappa shape index (κ1) is 15.1. The van der Waals surface area contributed by atoms with Crippen molar-refractivity contribution >= 4 is 5.91 Å². The Morgan fingerprint density at radius 3 is 2.85 bits per heavy atom. The van der Waals surface area contributed by atoms with Crippen LogP contribution in [0.2, 0.25) is 0 Å². The Morgan fingerprint density at radius 1 is 1.50 bits per heavy atom. The molecule has 1 fully saturated rings. The van der Waals surface area contributed by atoms with Crippen molar-refractivity contribution in [3.63, 3.8) is 0 Å². The second-order valence-corrected chi connectivity index (χ2v) is 5.61. The molecule has 2 rings (SSSR count). The van der Waals surface area contributed by atoms with Crippen molar-refractivity contribution in [3.05, 3.63) is 24.2 Å². The number of furan rings is 1. The van der Waals surface area contributed by atoms with E-state index in [0.29, 0.717) is 12.2 Å². The lowest BCUT2D eigenvalue weighted by atomic mass is 9.99. The summed E-state index contributed by atoms with van der Waals surface area (Å²) >= 11 is 0. The molecule has 20 heavy (non-hydrogen) atoms. The summed E-state index contributed by atoms with van der Waals surface area (Å²) in [4.78, 5) is 14.5. The molecule has 1 saturated heterocycles. The highest BCUT2D eigenvalue weighted by molar-refractivity contribution is 5.79. The van der Waals surface area contributed by atoms with Gasteiger partial charge in [0, 0.05) is 24.9 Å². The van der Waals surface area contributed by atoms with Gasteiger partial charge in [-0.1, -0.05) is 13.8 Å². The Kier molecular flexibility index (Phi) is 5.24. The van der Waals surface area contributed by atoms with Gasteiger partial charge >= 0.3 is 0 Å². The van der Waals surface area contributed by atoms with Gasteiger partial charge in [0.05, 0.1) is 6.26 Å². The number of aliphatic hydroxyl groups is 1. The van der Waals surface area contributed by atoms with Gasteiger partial charge in [-0.2, -0.15) is 0 Å². The average molecular weight is 279 g/mol. The molecular weight excluding hydrogens is 254 g/mol. The van der Waals surface area contributed by atoms with Gasteiger partial charge in [-0.3, -0.25) is 4.79 Å². The van der Waals surface area contributed by atoms with Crippen molar-refractivity contribution < 1.29 is 14.3 Å². The smallest absolute Gasteiger partial charge is 0.225 e. The van der Waals surface area contributed by atoms with Crippen LogP contribution in [0.4, 0.5) is 0 Å². The molecule has 1 aliphatic heterocycles. The first-order valence-electron chi connectivity index (χ1n) is 7.69. The summed E-state index contributed by atoms with van der Waals surface area (Å²) in [6.45, 7) is 4.95. The molecule has 1 amide bonds. The molecule has 1 N–H and O–H groups in total. The minimum absolute atomic E-state index is 0.122. The second kappa shape index (κ2) is 6.93. The fourth-order valence-corrected chi connectivity index (χ4v) is 3.10. The maximum atomic E-state index is 12.5. The highest BCUT2D eigenvalue weighted by Gasteiger charge is 2.33. The van der Waals surface area contributed by atoms with Crippen LogP contribution < -0.4 is 0 Å². The number of carbonyl (C=O) groups excluding carboxylic acids is 1. The van der Waals surface area contributed by atoms with Crippen LogP contribution in [0.3, 0.4) is 0 Å². The predicted molar refractivity (Wildman–Crippen MR) is 77.1 cm³/mol. The quantitative estimate of drug-likeness (QED) is 0.870. The highest BCUT2D eigenvalue weighted by atomic mass is 16.4. The van der Waals surface area contributed by atoms with Crippen molar-refractivity contribution in [2.45, 2.75) is 58.1 Å². The molecular formula is C16H25NO3. The third kappa shape index (κ3) is 3.23. The Balaban J connectivity index is 1.98. The number of nitrogens with zero attached hydrogens (tertiary/aromatic N) is 1. The highest BCUT2D eigenvalue weighted by Crippen LogP contribution is 2.29. The zero-order valence-electron chi connectivity index (χ0n) is 12.4. The van der Waals surface area contributed by atoms with Crippen LogP contribution in [0.25, 0.3) is 0 Å². The molecule has 0 spiro atoms. The van der Waals surface area contributed by atoms with E-state index in [0.717, 1.165) is 32.2 Å². The van der Waals surface area contributed by atoms with Gasteiger partial charge in [-0.15, -0.1) is 0 Å². The Morgan fingerprint density at radius 2 is 2.25 bits per heavy atom. The summed E-state index contributed by atoms with van der Waals surface area (Å²) in [7, 11) is 0. The van der Waals surface area contributed by atoms with Crippen molar-refractivity contribution in [3.8, 4) is 0 Å². The predicted octanol–water partition coefficient (Wildman–Crippen LogP) is 3.13. The molecule has 0 saturated carbocycles. The Bertz CT molecular complexity index is 411. The summed E-state index contributed by atoms with van der Waals surface area (Å²) in [6, 6.07) is 3.70. The van der Waals surface area contributed by atoms with Gasteiger partial charge in [0.25, 0.3) is 0 Å². The molecule has 0 radical (unpaired) electrons. The van der Waals surface area contributed by atoms with Gasteiger partial charge in [-0.25, -0.2) is 0 Å². The molecule has 4 nitrogen and oxygen atoms in total. The summed E-state index contributed by atoms with van der Waals surface area (Å²) in [5.74, 6) is 0.965. The average Bonchev–Trinajstić information content (AvgIpc) is 3.11. The molecule has 0 bridgehead atoms. The summed E-state index contributed by atoms with van der Waals surface area (Å²) < 4.78 is 5.24. The van der Waals surface area contributed by atoms with Crippen LogP contribution in [-0.2, 0) is 4.79 Å². The van der Waals surface area contributed by atoms with Crippen molar-refractivity contribution in [2.75, 3.05) is 6.54 Å². The molecule has 0 unspecified atom stereocenters. The number of hydrogen-bond donors (Lipinski definition) is 1. The third-order valence-electron chi connectivity index (χ3n) is 4.36. The van der Waals surface area contributed by atoms with Crippen LogP contribution in [-0.4, -0.2) is 28.5 Å². The number of likely N-dealkylation sites (tertiary alicyclic amines) is 1. The lowest BCUT2D eigenvalue weighted by Gasteiger charge is -2.29. The van der Waals surface area contributed by atoms with E-state index in [1.165, 1.54) is 0 Å². The maximum absolute atomic E-state index is 12.5. The molecule has 0 aliphatic carbocycles. The Labute approximate surface area is 120 Å². The topological polar surface area (TPSA) is 53.7 Å². The normalized spacial score (nSPS) is 20.6. The number of aliphatic hydroxyl groups excluding tert-OH is 1. The van der Waals surface area contributed by atoms with E-state index in [-0.39, 0.29) is 17.9 Å². The van der Waals surface area contributed by atoms with Crippen molar-refractivity contribution in [2.24, 2.45) is 5.92 Å². The summed E-state index contributed by atoms with van der Waals surface area (Å²) in [5.41, 5.74) is 0. The van der Waals surface area contributed by atoms with Crippen molar-refractivity contribution in [1.29, 1.82) is 0 Å². The molecule has 1 aromatic rings. The van der Waals surface area contributed by atoms with Gasteiger partial charge in [0.2, 0.25) is 5.91 Å². The number of amides is 1.